The Labute approximate surface area is 185 Å². The molecule has 2 atom stereocenters. The smallest absolute Gasteiger partial charge is 0.290 e. The molecule has 2 fully saturated rings. The number of carboxylic acid groups (broad SMARTS) is 2. The number of pyridine rings is 1. The third-order valence-electron chi connectivity index (χ3n) is 6.07. The lowest BCUT2D eigenvalue weighted by Crippen LogP contribution is -2.47. The van der Waals surface area contributed by atoms with E-state index in [2.05, 4.69) is 9.88 Å². The number of aromatic nitrogens is 1. The van der Waals surface area contributed by atoms with Crippen molar-refractivity contribution in [3.63, 3.8) is 0 Å². The van der Waals surface area contributed by atoms with Gasteiger partial charge in [-0.15, -0.1) is 0 Å². The molecule has 1 saturated carbocycles. The van der Waals surface area contributed by atoms with Gasteiger partial charge in [0.15, 0.2) is 0 Å². The Balaban J connectivity index is 0.000000513. The molecule has 2 aromatic rings. The summed E-state index contributed by atoms with van der Waals surface area (Å²) in [6.07, 6.45) is 6.46. The number of halogens is 1. The highest BCUT2D eigenvalue weighted by atomic mass is 35.5. The molecule has 0 radical (unpaired) electrons. The number of nitrogens with one attached hydrogen (secondary N) is 1. The summed E-state index contributed by atoms with van der Waals surface area (Å²) in [5, 5.41) is 15.4. The summed E-state index contributed by atoms with van der Waals surface area (Å²) in [6.45, 7) is 2.28. The van der Waals surface area contributed by atoms with Crippen LogP contribution in [0.3, 0.4) is 0 Å². The highest BCUT2D eigenvalue weighted by Crippen LogP contribution is 2.46. The number of piperidine rings is 1. The first kappa shape index (κ1) is 24.8. The van der Waals surface area contributed by atoms with Crippen molar-refractivity contribution in [3.8, 4) is 0 Å². The number of ether oxygens (including phenoxy) is 1. The number of methoxy groups -OCH3 is 1. The zero-order valence-corrected chi connectivity index (χ0v) is 18.3. The van der Waals surface area contributed by atoms with E-state index in [-0.39, 0.29) is 23.9 Å². The average Bonchev–Trinajstić information content (AvgIpc) is 3.11. The summed E-state index contributed by atoms with van der Waals surface area (Å²) in [5.41, 5.74) is 1.90. The molecule has 9 heteroatoms. The molecule has 4 rings (SSSR count). The molecular weight excluding hydrogens is 424 g/mol. The fourth-order valence-electron chi connectivity index (χ4n) is 4.91. The molecule has 2 heterocycles. The van der Waals surface area contributed by atoms with Crippen LogP contribution in [0.25, 0.3) is 10.9 Å². The summed E-state index contributed by atoms with van der Waals surface area (Å²) in [5.74, 6) is 0. The molecule has 1 aliphatic heterocycles. The van der Waals surface area contributed by atoms with Crippen molar-refractivity contribution in [2.24, 2.45) is 5.41 Å². The number of likely N-dealkylation sites (tertiary alicyclic amines) is 1. The van der Waals surface area contributed by atoms with Gasteiger partial charge in [0.25, 0.3) is 18.5 Å². The maximum absolute atomic E-state index is 12.5. The van der Waals surface area contributed by atoms with Crippen molar-refractivity contribution in [3.05, 3.63) is 45.2 Å². The first-order valence-electron chi connectivity index (χ1n) is 10.2. The molecule has 2 aliphatic rings. The first-order valence-corrected chi connectivity index (χ1v) is 10.5. The second-order valence-corrected chi connectivity index (χ2v) is 8.30. The van der Waals surface area contributed by atoms with Crippen LogP contribution in [-0.4, -0.2) is 59.3 Å². The van der Waals surface area contributed by atoms with E-state index in [1.54, 1.807) is 6.07 Å². The van der Waals surface area contributed by atoms with Crippen molar-refractivity contribution < 1.29 is 24.5 Å². The van der Waals surface area contributed by atoms with Gasteiger partial charge in [-0.05, 0) is 55.8 Å². The Hall–Kier alpha value is -2.42. The van der Waals surface area contributed by atoms with E-state index in [4.69, 9.17) is 36.1 Å². The van der Waals surface area contributed by atoms with Gasteiger partial charge >= 0.3 is 0 Å². The predicted octanol–water partition coefficient (Wildman–Crippen LogP) is 3.36. The standard InChI is InChI=1S/C20H25ClN2O2.2CH2O2/c1-25-18-4-2-7-20(18)8-3-9-23(13-20)12-15-10-14-5-6-16(21)11-17(14)22-19(15)24;2*2-1-3/h5-6,10-11,18H,2-4,7-9,12-13H2,1H3,(H,22,24);2*1H,(H,2,3)/t18-,20+;;/m1../s1. The Kier molecular flexibility index (Phi) is 9.48. The van der Waals surface area contributed by atoms with E-state index < -0.39 is 0 Å². The minimum Gasteiger partial charge on any atom is -0.483 e. The van der Waals surface area contributed by atoms with Crippen LogP contribution in [0.1, 0.15) is 37.7 Å². The van der Waals surface area contributed by atoms with E-state index >= 15 is 0 Å². The Morgan fingerprint density at radius 3 is 2.58 bits per heavy atom. The Bertz CT molecular complexity index is 928. The fourth-order valence-corrected chi connectivity index (χ4v) is 5.08. The van der Waals surface area contributed by atoms with E-state index in [1.165, 1.54) is 32.1 Å². The van der Waals surface area contributed by atoms with Gasteiger partial charge in [0.2, 0.25) is 0 Å². The largest absolute Gasteiger partial charge is 0.483 e. The van der Waals surface area contributed by atoms with Gasteiger partial charge in [0.05, 0.1) is 6.10 Å². The number of rotatable bonds is 3. The van der Waals surface area contributed by atoms with Crippen LogP contribution in [-0.2, 0) is 20.9 Å². The first-order chi connectivity index (χ1) is 14.9. The second kappa shape index (κ2) is 11.8. The lowest BCUT2D eigenvalue weighted by molar-refractivity contribution is -0.123. The van der Waals surface area contributed by atoms with Gasteiger partial charge in [0, 0.05) is 41.7 Å². The Morgan fingerprint density at radius 1 is 1.23 bits per heavy atom. The molecule has 0 bridgehead atoms. The zero-order valence-electron chi connectivity index (χ0n) is 17.6. The van der Waals surface area contributed by atoms with Crippen LogP contribution >= 0.6 is 11.6 Å². The highest BCUT2D eigenvalue weighted by molar-refractivity contribution is 6.31. The minimum atomic E-state index is -0.250. The number of carbonyl (C=O) groups is 2. The van der Waals surface area contributed by atoms with E-state index in [0.29, 0.717) is 17.7 Å². The molecule has 1 aromatic heterocycles. The molecule has 1 saturated heterocycles. The molecule has 170 valence electrons. The van der Waals surface area contributed by atoms with Crippen molar-refractivity contribution in [2.75, 3.05) is 20.2 Å². The molecule has 1 aliphatic carbocycles. The molecule has 1 aromatic carbocycles. The van der Waals surface area contributed by atoms with Crippen LogP contribution < -0.4 is 5.56 Å². The van der Waals surface area contributed by atoms with Gasteiger partial charge < -0.3 is 19.9 Å². The van der Waals surface area contributed by atoms with Crippen LogP contribution in [0.4, 0.5) is 0 Å². The van der Waals surface area contributed by atoms with Gasteiger partial charge in [-0.2, -0.15) is 0 Å². The molecule has 0 unspecified atom stereocenters. The minimum absolute atomic E-state index is 0.0101. The number of aromatic amines is 1. The van der Waals surface area contributed by atoms with Crippen LogP contribution in [0.2, 0.25) is 5.02 Å². The van der Waals surface area contributed by atoms with Crippen LogP contribution in [0, 0.1) is 5.41 Å². The maximum Gasteiger partial charge on any atom is 0.290 e. The average molecular weight is 453 g/mol. The molecule has 31 heavy (non-hydrogen) atoms. The number of H-pyrrole nitrogens is 1. The Morgan fingerprint density at radius 2 is 1.90 bits per heavy atom. The number of benzene rings is 1. The summed E-state index contributed by atoms with van der Waals surface area (Å²) in [6, 6.07) is 7.64. The summed E-state index contributed by atoms with van der Waals surface area (Å²) < 4.78 is 5.79. The topological polar surface area (TPSA) is 120 Å². The van der Waals surface area contributed by atoms with Crippen molar-refractivity contribution >= 4 is 35.4 Å². The summed E-state index contributed by atoms with van der Waals surface area (Å²) >= 11 is 6.02. The normalized spacial score (nSPS) is 22.8. The quantitative estimate of drug-likeness (QED) is 0.610. The van der Waals surface area contributed by atoms with E-state index in [0.717, 1.165) is 29.6 Å². The third kappa shape index (κ3) is 6.29. The number of fused-ring (bicyclic) bond motifs is 1. The lowest BCUT2D eigenvalue weighted by Gasteiger charge is -2.43. The molecule has 3 N–H and O–H groups in total. The summed E-state index contributed by atoms with van der Waals surface area (Å²) in [7, 11) is 1.84. The van der Waals surface area contributed by atoms with Crippen molar-refractivity contribution in [2.45, 2.75) is 44.8 Å². The SMILES string of the molecule is CO[C@@H]1CCC[C@@]12CCCN(Cc1cc3ccc(Cl)cc3[nH]c1=O)C2.O=CO.O=CO. The van der Waals surface area contributed by atoms with Crippen LogP contribution in [0.15, 0.2) is 29.1 Å². The number of hydrogen-bond donors (Lipinski definition) is 3. The monoisotopic (exact) mass is 452 g/mol. The van der Waals surface area contributed by atoms with Gasteiger partial charge in [-0.3, -0.25) is 19.3 Å². The van der Waals surface area contributed by atoms with E-state index in [1.807, 2.05) is 25.3 Å². The zero-order chi connectivity index (χ0) is 22.9. The van der Waals surface area contributed by atoms with Crippen molar-refractivity contribution in [1.82, 2.24) is 9.88 Å². The highest BCUT2D eigenvalue weighted by Gasteiger charge is 2.45. The predicted molar refractivity (Wildman–Crippen MR) is 119 cm³/mol. The van der Waals surface area contributed by atoms with Crippen molar-refractivity contribution in [1.29, 1.82) is 0 Å². The fraction of sp³-hybridized carbons (Fsp3) is 0.500. The third-order valence-corrected chi connectivity index (χ3v) is 6.31. The lowest BCUT2D eigenvalue weighted by atomic mass is 9.76. The van der Waals surface area contributed by atoms with Gasteiger partial charge in [-0.25, -0.2) is 0 Å². The summed E-state index contributed by atoms with van der Waals surface area (Å²) in [4.78, 5) is 34.6. The van der Waals surface area contributed by atoms with E-state index in [9.17, 15) is 4.79 Å². The van der Waals surface area contributed by atoms with Gasteiger partial charge in [0.1, 0.15) is 0 Å². The number of nitrogens with zero attached hydrogens (tertiary/aromatic N) is 1. The molecule has 1 spiro atoms. The maximum atomic E-state index is 12.5. The van der Waals surface area contributed by atoms with Crippen LogP contribution in [0.5, 0.6) is 0 Å². The molecule has 0 amide bonds. The molecule has 8 nitrogen and oxygen atoms in total. The van der Waals surface area contributed by atoms with Gasteiger partial charge in [-0.1, -0.05) is 24.1 Å². The molecular formula is C22H29ClN2O6. The number of hydrogen-bond acceptors (Lipinski definition) is 5. The second-order valence-electron chi connectivity index (χ2n) is 7.86.